The lowest BCUT2D eigenvalue weighted by molar-refractivity contribution is 0.817. The van der Waals surface area contributed by atoms with Crippen molar-refractivity contribution in [1.29, 1.82) is 0 Å². The number of halogens is 2. The Morgan fingerprint density at radius 1 is 1.15 bits per heavy atom. The summed E-state index contributed by atoms with van der Waals surface area (Å²) in [6.07, 6.45) is 1.92. The maximum absolute atomic E-state index is 6.17. The fraction of sp³-hybridized carbons (Fsp3) is 0.158. The van der Waals surface area contributed by atoms with Gasteiger partial charge in [-0.2, -0.15) is 9.36 Å². The van der Waals surface area contributed by atoms with Crippen molar-refractivity contribution < 1.29 is 0 Å². The van der Waals surface area contributed by atoms with Crippen LogP contribution in [0, 0.1) is 6.92 Å². The number of anilines is 2. The monoisotopic (exact) mass is 404 g/mol. The number of benzene rings is 2. The molecule has 0 saturated carbocycles. The third-order valence-electron chi connectivity index (χ3n) is 3.65. The molecule has 0 atom stereocenters. The molecule has 0 bridgehead atoms. The molecule has 0 aliphatic rings. The highest BCUT2D eigenvalue weighted by Gasteiger charge is 2.06. The summed E-state index contributed by atoms with van der Waals surface area (Å²) in [5, 5.41) is 8.34. The molecule has 3 rings (SSSR count). The summed E-state index contributed by atoms with van der Waals surface area (Å²) in [5.74, 6) is 0.650. The van der Waals surface area contributed by atoms with Crippen LogP contribution in [0.2, 0.25) is 10.0 Å². The Labute approximate surface area is 167 Å². The molecule has 1 heterocycles. The Bertz CT molecular complexity index is 920. The van der Waals surface area contributed by atoms with Gasteiger partial charge in [0.1, 0.15) is 0 Å². The average molecular weight is 405 g/mol. The molecule has 0 unspecified atom stereocenters. The van der Waals surface area contributed by atoms with Gasteiger partial charge in [0.2, 0.25) is 5.13 Å². The molecule has 0 fully saturated rings. The molecule has 4 nitrogen and oxygen atoms in total. The van der Waals surface area contributed by atoms with Gasteiger partial charge in [0.15, 0.2) is 5.82 Å². The van der Waals surface area contributed by atoms with Crippen LogP contribution in [-0.2, 0) is 6.54 Å². The van der Waals surface area contributed by atoms with Crippen LogP contribution in [0.4, 0.5) is 10.8 Å². The number of aromatic nitrogens is 2. The van der Waals surface area contributed by atoms with Crippen molar-refractivity contribution in [3.8, 4) is 0 Å². The van der Waals surface area contributed by atoms with Crippen LogP contribution in [0.1, 0.15) is 23.9 Å². The quantitative estimate of drug-likeness (QED) is 0.524. The summed E-state index contributed by atoms with van der Waals surface area (Å²) >= 11 is 13.4. The molecule has 0 amide bonds. The predicted molar refractivity (Wildman–Crippen MR) is 111 cm³/mol. The standard InChI is InChI=1S/C19H18Cl2N4S/c1-12-3-5-14(6-4-12)11-22-13(2)9-18-24-19(26-25-18)23-17-8-7-15(20)10-16(17)21/h3-10,22H,11H2,1-2H3,(H,23,24,25)/b13-9+. The Balaban J connectivity index is 1.61. The summed E-state index contributed by atoms with van der Waals surface area (Å²) in [4.78, 5) is 4.46. The van der Waals surface area contributed by atoms with Crippen LogP contribution in [-0.4, -0.2) is 9.36 Å². The zero-order chi connectivity index (χ0) is 18.5. The number of hydrogen-bond acceptors (Lipinski definition) is 5. The van der Waals surface area contributed by atoms with Gasteiger partial charge in [-0.25, -0.2) is 0 Å². The Morgan fingerprint density at radius 2 is 1.92 bits per heavy atom. The first-order valence-electron chi connectivity index (χ1n) is 8.03. The minimum atomic E-state index is 0.542. The summed E-state index contributed by atoms with van der Waals surface area (Å²) in [6, 6.07) is 13.7. The largest absolute Gasteiger partial charge is 0.384 e. The molecule has 0 radical (unpaired) electrons. The normalized spacial score (nSPS) is 11.5. The SMILES string of the molecule is C/C(=C\c1nsc(Nc2ccc(Cl)cc2Cl)n1)NCc1ccc(C)cc1. The molecule has 0 saturated heterocycles. The minimum absolute atomic E-state index is 0.542. The van der Waals surface area contributed by atoms with E-state index in [1.54, 1.807) is 12.1 Å². The zero-order valence-electron chi connectivity index (χ0n) is 14.4. The highest BCUT2D eigenvalue weighted by Crippen LogP contribution is 2.28. The van der Waals surface area contributed by atoms with E-state index in [2.05, 4.69) is 51.2 Å². The van der Waals surface area contributed by atoms with E-state index in [-0.39, 0.29) is 0 Å². The van der Waals surface area contributed by atoms with Gasteiger partial charge in [0.25, 0.3) is 0 Å². The summed E-state index contributed by atoms with van der Waals surface area (Å²) in [7, 11) is 0. The maximum atomic E-state index is 6.17. The number of aryl methyl sites for hydroxylation is 1. The van der Waals surface area contributed by atoms with Crippen molar-refractivity contribution in [1.82, 2.24) is 14.7 Å². The van der Waals surface area contributed by atoms with Crippen LogP contribution < -0.4 is 10.6 Å². The number of nitrogens with one attached hydrogen (secondary N) is 2. The van der Waals surface area contributed by atoms with Crippen molar-refractivity contribution in [2.45, 2.75) is 20.4 Å². The van der Waals surface area contributed by atoms with Crippen molar-refractivity contribution >= 4 is 51.6 Å². The van der Waals surface area contributed by atoms with Gasteiger partial charge >= 0.3 is 0 Å². The second-order valence-electron chi connectivity index (χ2n) is 5.87. The lowest BCUT2D eigenvalue weighted by atomic mass is 10.1. The lowest BCUT2D eigenvalue weighted by Gasteiger charge is -2.06. The number of allylic oxidation sites excluding steroid dienone is 1. The molecular weight excluding hydrogens is 387 g/mol. The molecule has 2 N–H and O–H groups in total. The number of rotatable bonds is 6. The van der Waals surface area contributed by atoms with E-state index in [4.69, 9.17) is 23.2 Å². The average Bonchev–Trinajstić information content (AvgIpc) is 3.04. The highest BCUT2D eigenvalue weighted by molar-refractivity contribution is 7.09. The molecule has 1 aromatic heterocycles. The van der Waals surface area contributed by atoms with Gasteiger partial charge in [-0.05, 0) is 37.6 Å². The van der Waals surface area contributed by atoms with Gasteiger partial charge in [0.05, 0.1) is 10.7 Å². The third kappa shape index (κ3) is 5.21. The first-order chi connectivity index (χ1) is 12.5. The van der Waals surface area contributed by atoms with Crippen LogP contribution in [0.15, 0.2) is 48.2 Å². The second kappa shape index (κ2) is 8.54. The molecule has 134 valence electrons. The third-order valence-corrected chi connectivity index (χ3v) is 4.84. The summed E-state index contributed by atoms with van der Waals surface area (Å²) in [6.45, 7) is 4.84. The van der Waals surface area contributed by atoms with Gasteiger partial charge in [-0.1, -0.05) is 53.0 Å². The molecular formula is C19H18Cl2N4S. The lowest BCUT2D eigenvalue weighted by Crippen LogP contribution is -2.10. The van der Waals surface area contributed by atoms with Crippen LogP contribution >= 0.6 is 34.7 Å². The van der Waals surface area contributed by atoms with E-state index < -0.39 is 0 Å². The molecule has 0 aliphatic carbocycles. The number of nitrogens with zero attached hydrogens (tertiary/aromatic N) is 2. The van der Waals surface area contributed by atoms with E-state index in [1.807, 2.05) is 19.1 Å². The molecule has 2 aromatic carbocycles. The van der Waals surface area contributed by atoms with Crippen molar-refractivity contribution in [2.24, 2.45) is 0 Å². The number of hydrogen-bond donors (Lipinski definition) is 2. The van der Waals surface area contributed by atoms with E-state index in [0.717, 1.165) is 17.9 Å². The Morgan fingerprint density at radius 3 is 2.65 bits per heavy atom. The molecule has 0 spiro atoms. The topological polar surface area (TPSA) is 49.8 Å². The molecule has 7 heteroatoms. The first-order valence-corrected chi connectivity index (χ1v) is 9.56. The van der Waals surface area contributed by atoms with Crippen LogP contribution in [0.25, 0.3) is 6.08 Å². The molecule has 3 aromatic rings. The first kappa shape index (κ1) is 18.7. The Hall–Kier alpha value is -2.08. The fourth-order valence-electron chi connectivity index (χ4n) is 2.24. The van der Waals surface area contributed by atoms with Crippen molar-refractivity contribution in [2.75, 3.05) is 5.32 Å². The van der Waals surface area contributed by atoms with Gasteiger partial charge in [-0.15, -0.1) is 0 Å². The second-order valence-corrected chi connectivity index (χ2v) is 7.47. The van der Waals surface area contributed by atoms with E-state index in [9.17, 15) is 0 Å². The van der Waals surface area contributed by atoms with Gasteiger partial charge in [0, 0.05) is 34.9 Å². The summed E-state index contributed by atoms with van der Waals surface area (Å²) in [5.41, 5.74) is 4.24. The molecule has 0 aliphatic heterocycles. The van der Waals surface area contributed by atoms with Crippen molar-refractivity contribution in [3.05, 3.63) is 75.2 Å². The zero-order valence-corrected chi connectivity index (χ0v) is 16.7. The predicted octanol–water partition coefficient (Wildman–Crippen LogP) is 6.05. The van der Waals surface area contributed by atoms with Crippen molar-refractivity contribution in [3.63, 3.8) is 0 Å². The van der Waals surface area contributed by atoms with Gasteiger partial charge < -0.3 is 10.6 Å². The fourth-order valence-corrected chi connectivity index (χ4v) is 3.26. The van der Waals surface area contributed by atoms with E-state index in [1.165, 1.54) is 22.7 Å². The highest BCUT2D eigenvalue weighted by atomic mass is 35.5. The smallest absolute Gasteiger partial charge is 0.207 e. The summed E-state index contributed by atoms with van der Waals surface area (Å²) < 4.78 is 4.35. The van der Waals surface area contributed by atoms with E-state index >= 15 is 0 Å². The Kier molecular flexibility index (Phi) is 6.14. The minimum Gasteiger partial charge on any atom is -0.384 e. The van der Waals surface area contributed by atoms with E-state index in [0.29, 0.717) is 21.0 Å². The van der Waals surface area contributed by atoms with Crippen LogP contribution in [0.3, 0.4) is 0 Å². The molecule has 26 heavy (non-hydrogen) atoms. The van der Waals surface area contributed by atoms with Gasteiger partial charge in [-0.3, -0.25) is 0 Å². The maximum Gasteiger partial charge on any atom is 0.207 e. The van der Waals surface area contributed by atoms with Crippen LogP contribution in [0.5, 0.6) is 0 Å².